The number of hydrogen-bond acceptors (Lipinski definition) is 2. The fourth-order valence-corrected chi connectivity index (χ4v) is 3.36. The van der Waals surface area contributed by atoms with Gasteiger partial charge in [-0.1, -0.05) is 35.0 Å². The second-order valence-corrected chi connectivity index (χ2v) is 7.85. The lowest BCUT2D eigenvalue weighted by Gasteiger charge is -2.39. The van der Waals surface area contributed by atoms with Crippen LogP contribution in [-0.2, 0) is 11.3 Å². The van der Waals surface area contributed by atoms with Gasteiger partial charge < -0.3 is 10.1 Å². The van der Waals surface area contributed by atoms with Gasteiger partial charge in [-0.05, 0) is 62.1 Å². The van der Waals surface area contributed by atoms with Crippen molar-refractivity contribution in [1.29, 1.82) is 0 Å². The van der Waals surface area contributed by atoms with Crippen molar-refractivity contribution in [2.24, 2.45) is 5.92 Å². The molecule has 0 bridgehead atoms. The zero-order valence-electron chi connectivity index (χ0n) is 12.9. The molecule has 0 aliphatic heterocycles. The van der Waals surface area contributed by atoms with Gasteiger partial charge in [0.15, 0.2) is 0 Å². The van der Waals surface area contributed by atoms with Crippen molar-refractivity contribution in [3.05, 3.63) is 34.3 Å². The maximum Gasteiger partial charge on any atom is 0.0811 e. The number of hydrogen-bond donors (Lipinski definition) is 1. The highest BCUT2D eigenvalue weighted by molar-refractivity contribution is 9.10. The summed E-state index contributed by atoms with van der Waals surface area (Å²) in [5.74, 6) is 0.857. The van der Waals surface area contributed by atoms with Crippen molar-refractivity contribution in [1.82, 2.24) is 5.32 Å². The maximum atomic E-state index is 6.45. The number of benzene rings is 1. The summed E-state index contributed by atoms with van der Waals surface area (Å²) in [6.07, 6.45) is 7.69. The lowest BCUT2D eigenvalue weighted by Crippen LogP contribution is -2.46. The molecule has 2 saturated carbocycles. The fourth-order valence-electron chi connectivity index (χ4n) is 3.10. The van der Waals surface area contributed by atoms with Crippen LogP contribution >= 0.6 is 15.9 Å². The van der Waals surface area contributed by atoms with Crippen LogP contribution in [0.4, 0.5) is 0 Å². The summed E-state index contributed by atoms with van der Waals surface area (Å²) in [7, 11) is 0. The van der Waals surface area contributed by atoms with Gasteiger partial charge >= 0.3 is 0 Å². The van der Waals surface area contributed by atoms with Gasteiger partial charge in [0.05, 0.1) is 12.2 Å². The van der Waals surface area contributed by atoms with Crippen molar-refractivity contribution in [3.8, 4) is 0 Å². The van der Waals surface area contributed by atoms with Gasteiger partial charge in [-0.3, -0.25) is 0 Å². The molecule has 1 aromatic carbocycles. The summed E-state index contributed by atoms with van der Waals surface area (Å²) < 4.78 is 7.57. The summed E-state index contributed by atoms with van der Waals surface area (Å²) in [6.45, 7) is 4.13. The van der Waals surface area contributed by atoms with Gasteiger partial charge in [0, 0.05) is 17.1 Å². The van der Waals surface area contributed by atoms with Crippen molar-refractivity contribution in [2.75, 3.05) is 6.54 Å². The monoisotopic (exact) mass is 351 g/mol. The van der Waals surface area contributed by atoms with E-state index in [9.17, 15) is 0 Å². The number of halogens is 1. The largest absolute Gasteiger partial charge is 0.369 e. The topological polar surface area (TPSA) is 21.3 Å². The highest BCUT2D eigenvalue weighted by Crippen LogP contribution is 2.36. The molecule has 0 heterocycles. The van der Waals surface area contributed by atoms with Gasteiger partial charge in [0.1, 0.15) is 0 Å². The Bertz CT molecular complexity index is 447. The predicted octanol–water partition coefficient (Wildman–Crippen LogP) is 4.67. The molecule has 0 spiro atoms. The van der Waals surface area contributed by atoms with E-state index in [4.69, 9.17) is 4.74 Å². The Labute approximate surface area is 136 Å². The van der Waals surface area contributed by atoms with Crippen molar-refractivity contribution in [3.63, 3.8) is 0 Å². The molecule has 0 unspecified atom stereocenters. The van der Waals surface area contributed by atoms with E-state index in [1.165, 1.54) is 44.1 Å². The first-order valence-corrected chi connectivity index (χ1v) is 9.06. The molecular weight excluding hydrogens is 326 g/mol. The first-order valence-electron chi connectivity index (χ1n) is 8.27. The molecule has 0 amide bonds. The molecule has 3 heteroatoms. The number of nitrogens with one attached hydrogen (secondary N) is 1. The molecule has 2 aliphatic rings. The third kappa shape index (κ3) is 4.54. The van der Waals surface area contributed by atoms with Crippen LogP contribution < -0.4 is 5.32 Å². The second-order valence-electron chi connectivity index (χ2n) is 6.94. The van der Waals surface area contributed by atoms with Crippen LogP contribution in [0.15, 0.2) is 28.7 Å². The summed E-state index contributed by atoms with van der Waals surface area (Å²) in [5.41, 5.74) is 1.32. The van der Waals surface area contributed by atoms with E-state index in [-0.39, 0.29) is 5.60 Å². The van der Waals surface area contributed by atoms with Crippen molar-refractivity contribution < 1.29 is 4.74 Å². The number of ether oxygens (including phenoxy) is 1. The van der Waals surface area contributed by atoms with Crippen LogP contribution in [0.25, 0.3) is 0 Å². The minimum Gasteiger partial charge on any atom is -0.369 e. The molecule has 21 heavy (non-hydrogen) atoms. The molecule has 2 nitrogen and oxygen atoms in total. The summed E-state index contributed by atoms with van der Waals surface area (Å²) in [5, 5.41) is 3.69. The molecule has 0 aromatic heterocycles. The van der Waals surface area contributed by atoms with E-state index in [0.29, 0.717) is 0 Å². The average Bonchev–Trinajstić information content (AvgIpc) is 3.32. The fraction of sp³-hybridized carbons (Fsp3) is 0.667. The lowest BCUT2D eigenvalue weighted by molar-refractivity contribution is -0.0851. The van der Waals surface area contributed by atoms with E-state index in [1.54, 1.807) is 0 Å². The molecule has 0 saturated heterocycles. The third-order valence-corrected chi connectivity index (χ3v) is 5.46. The van der Waals surface area contributed by atoms with Gasteiger partial charge in [0.2, 0.25) is 0 Å². The first-order chi connectivity index (χ1) is 10.2. The summed E-state index contributed by atoms with van der Waals surface area (Å²) >= 11 is 3.49. The summed E-state index contributed by atoms with van der Waals surface area (Å²) in [4.78, 5) is 0. The predicted molar refractivity (Wildman–Crippen MR) is 90.3 cm³/mol. The van der Waals surface area contributed by atoms with Crippen LogP contribution in [0.2, 0.25) is 0 Å². The molecule has 0 atom stereocenters. The lowest BCUT2D eigenvalue weighted by atomic mass is 9.79. The zero-order valence-corrected chi connectivity index (χ0v) is 14.5. The highest BCUT2D eigenvalue weighted by atomic mass is 79.9. The van der Waals surface area contributed by atoms with Crippen LogP contribution in [0.3, 0.4) is 0 Å². The Balaban J connectivity index is 1.59. The molecular formula is C18H26BrNO. The summed E-state index contributed by atoms with van der Waals surface area (Å²) in [6, 6.07) is 9.25. The van der Waals surface area contributed by atoms with Gasteiger partial charge in [-0.15, -0.1) is 0 Å². The van der Waals surface area contributed by atoms with Gasteiger partial charge in [0.25, 0.3) is 0 Å². The van der Waals surface area contributed by atoms with Crippen LogP contribution in [0.5, 0.6) is 0 Å². The Morgan fingerprint density at radius 3 is 2.43 bits per heavy atom. The Kier molecular flexibility index (Phi) is 5.03. The standard InChI is InChI=1S/C18H26BrNO/c1-14-8-10-18(11-9-14,13-20-17-6-7-17)21-12-15-2-4-16(19)5-3-15/h2-5,14,17,20H,6-13H2,1H3. The van der Waals surface area contributed by atoms with E-state index in [2.05, 4.69) is 52.4 Å². The molecule has 1 aromatic rings. The number of rotatable bonds is 6. The van der Waals surface area contributed by atoms with Crippen LogP contribution in [-0.4, -0.2) is 18.2 Å². The molecule has 116 valence electrons. The van der Waals surface area contributed by atoms with Gasteiger partial charge in [-0.2, -0.15) is 0 Å². The smallest absolute Gasteiger partial charge is 0.0811 e. The Morgan fingerprint density at radius 1 is 1.14 bits per heavy atom. The van der Waals surface area contributed by atoms with Crippen LogP contribution in [0, 0.1) is 5.92 Å². The molecule has 0 radical (unpaired) electrons. The van der Waals surface area contributed by atoms with E-state index in [0.717, 1.165) is 29.6 Å². The Morgan fingerprint density at radius 2 is 1.81 bits per heavy atom. The van der Waals surface area contributed by atoms with Crippen molar-refractivity contribution >= 4 is 15.9 Å². The molecule has 2 fully saturated rings. The SMILES string of the molecule is CC1CCC(CNC2CC2)(OCc2ccc(Br)cc2)CC1. The van der Waals surface area contributed by atoms with Crippen LogP contribution in [0.1, 0.15) is 51.0 Å². The third-order valence-electron chi connectivity index (χ3n) is 4.93. The Hall–Kier alpha value is -0.380. The second kappa shape index (κ2) is 6.80. The van der Waals surface area contributed by atoms with E-state index < -0.39 is 0 Å². The molecule has 1 N–H and O–H groups in total. The normalized spacial score (nSPS) is 29.5. The minimum atomic E-state index is 0.0577. The molecule has 2 aliphatic carbocycles. The van der Waals surface area contributed by atoms with E-state index >= 15 is 0 Å². The molecule has 3 rings (SSSR count). The first kappa shape index (κ1) is 15.5. The average molecular weight is 352 g/mol. The highest BCUT2D eigenvalue weighted by Gasteiger charge is 2.36. The minimum absolute atomic E-state index is 0.0577. The maximum absolute atomic E-state index is 6.45. The zero-order chi connectivity index (χ0) is 14.7. The quantitative estimate of drug-likeness (QED) is 0.804. The van der Waals surface area contributed by atoms with Crippen molar-refractivity contribution in [2.45, 2.75) is 63.7 Å². The van der Waals surface area contributed by atoms with Gasteiger partial charge in [-0.25, -0.2) is 0 Å². The van der Waals surface area contributed by atoms with E-state index in [1.807, 2.05) is 0 Å².